The lowest BCUT2D eigenvalue weighted by atomic mass is 10.2. The highest BCUT2D eigenvalue weighted by atomic mass is 16.5. The molecule has 1 aliphatic carbocycles. The molecule has 2 atom stereocenters. The topological polar surface area (TPSA) is 70.6 Å². The van der Waals surface area contributed by atoms with Gasteiger partial charge < -0.3 is 20.5 Å². The molecule has 0 aromatic carbocycles. The van der Waals surface area contributed by atoms with Crippen LogP contribution in [0.4, 0.5) is 0 Å². The molecule has 1 saturated heterocycles. The molecule has 2 fully saturated rings. The summed E-state index contributed by atoms with van der Waals surface area (Å²) in [6.45, 7) is 2.51. The maximum Gasteiger partial charge on any atom is 0.221 e. The second kappa shape index (κ2) is 5.61. The van der Waals surface area contributed by atoms with E-state index in [9.17, 15) is 9.90 Å². The van der Waals surface area contributed by atoms with Crippen LogP contribution in [0.25, 0.3) is 0 Å². The van der Waals surface area contributed by atoms with E-state index in [0.717, 1.165) is 26.0 Å². The van der Waals surface area contributed by atoms with Gasteiger partial charge in [0.25, 0.3) is 0 Å². The Labute approximate surface area is 95.5 Å². The Morgan fingerprint density at radius 1 is 1.56 bits per heavy atom. The van der Waals surface area contributed by atoms with Crippen molar-refractivity contribution in [2.75, 3.05) is 26.3 Å². The van der Waals surface area contributed by atoms with Crippen molar-refractivity contribution in [2.45, 2.75) is 31.4 Å². The molecule has 2 unspecified atom stereocenters. The van der Waals surface area contributed by atoms with E-state index in [1.807, 2.05) is 0 Å². The van der Waals surface area contributed by atoms with E-state index in [4.69, 9.17) is 4.74 Å². The van der Waals surface area contributed by atoms with E-state index >= 15 is 0 Å². The minimum absolute atomic E-state index is 0.0114. The van der Waals surface area contributed by atoms with Crippen LogP contribution in [0.15, 0.2) is 0 Å². The van der Waals surface area contributed by atoms with Crippen LogP contribution in [0.2, 0.25) is 0 Å². The third-order valence-corrected chi connectivity index (χ3v) is 3.10. The summed E-state index contributed by atoms with van der Waals surface area (Å²) < 4.78 is 5.26. The van der Waals surface area contributed by atoms with E-state index in [1.54, 1.807) is 0 Å². The molecule has 0 radical (unpaired) electrons. The largest absolute Gasteiger partial charge is 0.391 e. The first-order valence-corrected chi connectivity index (χ1v) is 6.01. The summed E-state index contributed by atoms with van der Waals surface area (Å²) in [5.41, 5.74) is 0. The quantitative estimate of drug-likeness (QED) is 0.579. The molecule has 92 valence electrons. The Hall–Kier alpha value is -0.650. The summed E-state index contributed by atoms with van der Waals surface area (Å²) in [6.07, 6.45) is 2.25. The number of carbonyl (C=O) groups excluding carboxylic acids is 1. The molecule has 2 rings (SSSR count). The molecule has 1 aliphatic heterocycles. The Kier molecular flexibility index (Phi) is 4.15. The van der Waals surface area contributed by atoms with Gasteiger partial charge in [-0.15, -0.1) is 0 Å². The number of amides is 1. The van der Waals surface area contributed by atoms with Gasteiger partial charge in [0.05, 0.1) is 19.3 Å². The summed E-state index contributed by atoms with van der Waals surface area (Å²) in [7, 11) is 0. The fourth-order valence-corrected chi connectivity index (χ4v) is 1.91. The fourth-order valence-electron chi connectivity index (χ4n) is 1.91. The monoisotopic (exact) mass is 228 g/mol. The number of aliphatic hydroxyl groups is 1. The molecule has 0 spiro atoms. The lowest BCUT2D eigenvalue weighted by Crippen LogP contribution is -2.45. The van der Waals surface area contributed by atoms with Crippen molar-refractivity contribution in [3.8, 4) is 0 Å². The van der Waals surface area contributed by atoms with Gasteiger partial charge in [0.1, 0.15) is 0 Å². The van der Waals surface area contributed by atoms with Gasteiger partial charge in [-0.25, -0.2) is 0 Å². The summed E-state index contributed by atoms with van der Waals surface area (Å²) in [4.78, 5) is 11.5. The van der Waals surface area contributed by atoms with E-state index in [2.05, 4.69) is 10.6 Å². The zero-order valence-corrected chi connectivity index (χ0v) is 9.45. The zero-order valence-electron chi connectivity index (χ0n) is 9.45. The first kappa shape index (κ1) is 11.8. The van der Waals surface area contributed by atoms with Crippen LogP contribution in [-0.2, 0) is 9.53 Å². The van der Waals surface area contributed by atoms with Crippen molar-refractivity contribution < 1.29 is 14.6 Å². The lowest BCUT2D eigenvalue weighted by molar-refractivity contribution is -0.122. The molecule has 16 heavy (non-hydrogen) atoms. The molecule has 5 nitrogen and oxygen atoms in total. The molecule has 0 aromatic rings. The normalized spacial score (nSPS) is 27.4. The Morgan fingerprint density at radius 2 is 2.38 bits per heavy atom. The third kappa shape index (κ3) is 3.73. The highest BCUT2D eigenvalue weighted by molar-refractivity contribution is 5.76. The average Bonchev–Trinajstić information content (AvgIpc) is 3.11. The Morgan fingerprint density at radius 3 is 3.00 bits per heavy atom. The minimum Gasteiger partial charge on any atom is -0.391 e. The summed E-state index contributed by atoms with van der Waals surface area (Å²) in [6, 6.07) is 0.117. The molecule has 1 amide bonds. The second-order valence-electron chi connectivity index (χ2n) is 4.64. The van der Waals surface area contributed by atoms with Gasteiger partial charge in [0.2, 0.25) is 5.91 Å². The van der Waals surface area contributed by atoms with Crippen LogP contribution in [0.1, 0.15) is 19.3 Å². The molecule has 1 saturated carbocycles. The maximum absolute atomic E-state index is 11.5. The van der Waals surface area contributed by atoms with Crippen molar-refractivity contribution in [2.24, 2.45) is 5.92 Å². The fraction of sp³-hybridized carbons (Fsp3) is 0.909. The number of aliphatic hydroxyl groups excluding tert-OH is 1. The SMILES string of the molecule is O=C(CC1COCCN1)NCC(O)C1CC1. The number of carbonyl (C=O) groups is 1. The first-order valence-electron chi connectivity index (χ1n) is 6.01. The number of morpholine rings is 1. The molecular weight excluding hydrogens is 208 g/mol. The smallest absolute Gasteiger partial charge is 0.221 e. The number of rotatable bonds is 5. The van der Waals surface area contributed by atoms with Gasteiger partial charge in [0.15, 0.2) is 0 Å². The number of ether oxygens (including phenoxy) is 1. The van der Waals surface area contributed by atoms with Crippen LogP contribution >= 0.6 is 0 Å². The lowest BCUT2D eigenvalue weighted by Gasteiger charge is -2.23. The predicted octanol–water partition coefficient (Wildman–Crippen LogP) is -0.748. The minimum atomic E-state index is -0.362. The number of nitrogens with one attached hydrogen (secondary N) is 2. The average molecular weight is 228 g/mol. The summed E-state index contributed by atoms with van der Waals surface area (Å²) in [5.74, 6) is 0.402. The highest BCUT2D eigenvalue weighted by Crippen LogP contribution is 2.32. The van der Waals surface area contributed by atoms with Crippen LogP contribution in [0.5, 0.6) is 0 Å². The van der Waals surface area contributed by atoms with Gasteiger partial charge in [-0.3, -0.25) is 4.79 Å². The van der Waals surface area contributed by atoms with Crippen LogP contribution < -0.4 is 10.6 Å². The number of hydrogen-bond acceptors (Lipinski definition) is 4. The van der Waals surface area contributed by atoms with Gasteiger partial charge in [-0.1, -0.05) is 0 Å². The second-order valence-corrected chi connectivity index (χ2v) is 4.64. The zero-order chi connectivity index (χ0) is 11.4. The van der Waals surface area contributed by atoms with Crippen molar-refractivity contribution in [1.82, 2.24) is 10.6 Å². The van der Waals surface area contributed by atoms with Crippen molar-refractivity contribution in [3.05, 3.63) is 0 Å². The Bertz CT molecular complexity index is 237. The molecule has 0 bridgehead atoms. The maximum atomic E-state index is 11.5. The molecule has 1 heterocycles. The molecule has 0 aromatic heterocycles. The highest BCUT2D eigenvalue weighted by Gasteiger charge is 2.29. The Balaban J connectivity index is 1.59. The molecule has 3 N–H and O–H groups in total. The van der Waals surface area contributed by atoms with Crippen LogP contribution in [0.3, 0.4) is 0 Å². The first-order chi connectivity index (χ1) is 7.75. The number of hydrogen-bond donors (Lipinski definition) is 3. The molecule has 5 heteroatoms. The molecular formula is C11H20N2O3. The van der Waals surface area contributed by atoms with Crippen molar-refractivity contribution in [3.63, 3.8) is 0 Å². The van der Waals surface area contributed by atoms with Crippen molar-refractivity contribution >= 4 is 5.91 Å². The standard InChI is InChI=1S/C11H20N2O3/c14-10(8-1-2-8)6-13-11(15)5-9-7-16-4-3-12-9/h8-10,12,14H,1-7H2,(H,13,15). The van der Waals surface area contributed by atoms with E-state index < -0.39 is 0 Å². The summed E-state index contributed by atoms with van der Waals surface area (Å²) in [5, 5.41) is 15.6. The van der Waals surface area contributed by atoms with Crippen LogP contribution in [0, 0.1) is 5.92 Å². The van der Waals surface area contributed by atoms with E-state index in [0.29, 0.717) is 25.5 Å². The van der Waals surface area contributed by atoms with E-state index in [-0.39, 0.29) is 18.1 Å². The van der Waals surface area contributed by atoms with Gasteiger partial charge in [0, 0.05) is 25.6 Å². The summed E-state index contributed by atoms with van der Waals surface area (Å²) >= 11 is 0. The van der Waals surface area contributed by atoms with E-state index in [1.165, 1.54) is 0 Å². The predicted molar refractivity (Wildman–Crippen MR) is 59.0 cm³/mol. The van der Waals surface area contributed by atoms with Gasteiger partial charge in [-0.2, -0.15) is 0 Å². The van der Waals surface area contributed by atoms with Crippen LogP contribution in [-0.4, -0.2) is 49.5 Å². The third-order valence-electron chi connectivity index (χ3n) is 3.10. The van der Waals surface area contributed by atoms with Gasteiger partial charge >= 0.3 is 0 Å². The van der Waals surface area contributed by atoms with Crippen molar-refractivity contribution in [1.29, 1.82) is 0 Å². The van der Waals surface area contributed by atoms with Gasteiger partial charge in [-0.05, 0) is 18.8 Å². The molecule has 2 aliphatic rings.